The summed E-state index contributed by atoms with van der Waals surface area (Å²) in [5.41, 5.74) is 0.537. The van der Waals surface area contributed by atoms with Gasteiger partial charge in [-0.1, -0.05) is 20.3 Å². The van der Waals surface area contributed by atoms with Crippen molar-refractivity contribution in [2.24, 2.45) is 23.2 Å². The van der Waals surface area contributed by atoms with E-state index < -0.39 is 0 Å². The summed E-state index contributed by atoms with van der Waals surface area (Å²) in [5.74, 6) is 2.68. The molecule has 2 bridgehead atoms. The Morgan fingerprint density at radius 1 is 1.44 bits per heavy atom. The Morgan fingerprint density at radius 2 is 2.25 bits per heavy atom. The summed E-state index contributed by atoms with van der Waals surface area (Å²) in [5, 5.41) is 3.60. The molecule has 0 amide bonds. The van der Waals surface area contributed by atoms with Gasteiger partial charge in [0, 0.05) is 20.3 Å². The molecular formula is C14H27NO. The van der Waals surface area contributed by atoms with Gasteiger partial charge in [0.1, 0.15) is 0 Å². The number of hydrogen-bond donors (Lipinski definition) is 1. The molecule has 2 heteroatoms. The van der Waals surface area contributed by atoms with Gasteiger partial charge in [0.2, 0.25) is 0 Å². The second kappa shape index (κ2) is 5.05. The largest absolute Gasteiger partial charge is 0.384 e. The molecule has 4 unspecified atom stereocenters. The van der Waals surface area contributed by atoms with Crippen LogP contribution in [0.1, 0.15) is 39.5 Å². The fourth-order valence-electron chi connectivity index (χ4n) is 4.25. The van der Waals surface area contributed by atoms with Gasteiger partial charge in [-0.2, -0.15) is 0 Å². The van der Waals surface area contributed by atoms with Crippen LogP contribution in [0.3, 0.4) is 0 Å². The standard InChI is InChI=1S/C14H27NO/c1-4-15-10-14(11(2)9-16-3)8-12-5-6-13(14)7-12/h11-13,15H,4-10H2,1-3H3. The van der Waals surface area contributed by atoms with Crippen LogP contribution in [-0.2, 0) is 4.74 Å². The second-order valence-corrected chi connectivity index (χ2v) is 5.95. The van der Waals surface area contributed by atoms with Gasteiger partial charge in [-0.3, -0.25) is 0 Å². The molecule has 0 spiro atoms. The summed E-state index contributed by atoms with van der Waals surface area (Å²) in [7, 11) is 1.84. The van der Waals surface area contributed by atoms with E-state index >= 15 is 0 Å². The Balaban J connectivity index is 2.07. The quantitative estimate of drug-likeness (QED) is 0.750. The number of nitrogens with one attached hydrogen (secondary N) is 1. The Kier molecular flexibility index (Phi) is 3.91. The first kappa shape index (κ1) is 12.4. The predicted octanol–water partition coefficient (Wildman–Crippen LogP) is 2.68. The lowest BCUT2D eigenvalue weighted by atomic mass is 9.65. The van der Waals surface area contributed by atoms with Gasteiger partial charge >= 0.3 is 0 Å². The molecule has 1 N–H and O–H groups in total. The number of ether oxygens (including phenoxy) is 1. The molecular weight excluding hydrogens is 198 g/mol. The van der Waals surface area contributed by atoms with E-state index in [2.05, 4.69) is 19.2 Å². The van der Waals surface area contributed by atoms with Gasteiger partial charge in [0.05, 0.1) is 0 Å². The van der Waals surface area contributed by atoms with E-state index in [0.29, 0.717) is 11.3 Å². The maximum Gasteiger partial charge on any atom is 0.0493 e. The highest BCUT2D eigenvalue weighted by atomic mass is 16.5. The number of fused-ring (bicyclic) bond motifs is 2. The second-order valence-electron chi connectivity index (χ2n) is 5.95. The third-order valence-corrected chi connectivity index (χ3v) is 5.13. The van der Waals surface area contributed by atoms with E-state index in [1.165, 1.54) is 32.2 Å². The molecule has 2 aliphatic carbocycles. The van der Waals surface area contributed by atoms with Crippen molar-refractivity contribution in [1.29, 1.82) is 0 Å². The smallest absolute Gasteiger partial charge is 0.0493 e. The molecule has 0 radical (unpaired) electrons. The van der Waals surface area contributed by atoms with Crippen LogP contribution in [0.4, 0.5) is 0 Å². The van der Waals surface area contributed by atoms with Crippen molar-refractivity contribution in [2.75, 3.05) is 26.8 Å². The van der Waals surface area contributed by atoms with E-state index in [-0.39, 0.29) is 0 Å². The van der Waals surface area contributed by atoms with E-state index in [4.69, 9.17) is 4.74 Å². The molecule has 16 heavy (non-hydrogen) atoms. The zero-order chi connectivity index (χ0) is 11.6. The van der Waals surface area contributed by atoms with Crippen molar-refractivity contribution in [3.63, 3.8) is 0 Å². The molecule has 0 aromatic rings. The number of methoxy groups -OCH3 is 1. The van der Waals surface area contributed by atoms with Crippen molar-refractivity contribution < 1.29 is 4.74 Å². The van der Waals surface area contributed by atoms with Crippen molar-refractivity contribution >= 4 is 0 Å². The average molecular weight is 225 g/mol. The van der Waals surface area contributed by atoms with Crippen molar-refractivity contribution in [2.45, 2.75) is 39.5 Å². The van der Waals surface area contributed by atoms with Gasteiger partial charge in [-0.25, -0.2) is 0 Å². The zero-order valence-corrected chi connectivity index (χ0v) is 11.1. The maximum atomic E-state index is 5.40. The molecule has 2 saturated carbocycles. The molecule has 4 atom stereocenters. The molecule has 0 heterocycles. The van der Waals surface area contributed by atoms with Crippen LogP contribution in [0.2, 0.25) is 0 Å². The number of hydrogen-bond acceptors (Lipinski definition) is 2. The minimum absolute atomic E-state index is 0.537. The fourth-order valence-corrected chi connectivity index (χ4v) is 4.25. The van der Waals surface area contributed by atoms with Crippen molar-refractivity contribution in [3.05, 3.63) is 0 Å². The first-order chi connectivity index (χ1) is 7.73. The molecule has 2 fully saturated rings. The highest BCUT2D eigenvalue weighted by molar-refractivity contribution is 5.03. The van der Waals surface area contributed by atoms with Crippen molar-refractivity contribution in [1.82, 2.24) is 5.32 Å². The van der Waals surface area contributed by atoms with E-state index in [1.807, 2.05) is 7.11 Å². The van der Waals surface area contributed by atoms with Crippen LogP contribution in [0.25, 0.3) is 0 Å². The van der Waals surface area contributed by atoms with Crippen LogP contribution in [0.5, 0.6) is 0 Å². The van der Waals surface area contributed by atoms with Gasteiger partial charge in [0.25, 0.3) is 0 Å². The van der Waals surface area contributed by atoms with Crippen LogP contribution < -0.4 is 5.32 Å². The summed E-state index contributed by atoms with van der Waals surface area (Å²) in [6.45, 7) is 7.83. The van der Waals surface area contributed by atoms with E-state index in [9.17, 15) is 0 Å². The molecule has 0 aromatic heterocycles. The summed E-state index contributed by atoms with van der Waals surface area (Å²) in [6.07, 6.45) is 5.87. The Labute approximate surface area is 100 Å². The topological polar surface area (TPSA) is 21.3 Å². The summed E-state index contributed by atoms with van der Waals surface area (Å²) >= 11 is 0. The molecule has 0 aromatic carbocycles. The van der Waals surface area contributed by atoms with Gasteiger partial charge < -0.3 is 10.1 Å². The minimum atomic E-state index is 0.537. The monoisotopic (exact) mass is 225 g/mol. The lowest BCUT2D eigenvalue weighted by Crippen LogP contribution is -2.45. The fraction of sp³-hybridized carbons (Fsp3) is 1.00. The average Bonchev–Trinajstić information content (AvgIpc) is 2.87. The molecule has 0 saturated heterocycles. The SMILES string of the molecule is CCNCC1(C(C)COC)CC2CCC1C2. The van der Waals surface area contributed by atoms with Crippen LogP contribution in [0.15, 0.2) is 0 Å². The van der Waals surface area contributed by atoms with Gasteiger partial charge in [-0.15, -0.1) is 0 Å². The maximum absolute atomic E-state index is 5.40. The first-order valence-electron chi connectivity index (χ1n) is 6.92. The summed E-state index contributed by atoms with van der Waals surface area (Å²) in [4.78, 5) is 0. The van der Waals surface area contributed by atoms with E-state index in [1.54, 1.807) is 0 Å². The summed E-state index contributed by atoms with van der Waals surface area (Å²) < 4.78 is 5.40. The van der Waals surface area contributed by atoms with Gasteiger partial charge in [0.15, 0.2) is 0 Å². The van der Waals surface area contributed by atoms with Crippen LogP contribution in [0, 0.1) is 23.2 Å². The highest BCUT2D eigenvalue weighted by Crippen LogP contribution is 2.59. The third-order valence-electron chi connectivity index (χ3n) is 5.13. The summed E-state index contributed by atoms with van der Waals surface area (Å²) in [6, 6.07) is 0. The first-order valence-corrected chi connectivity index (χ1v) is 6.92. The Bertz CT molecular complexity index is 231. The predicted molar refractivity (Wildman–Crippen MR) is 67.5 cm³/mol. The van der Waals surface area contributed by atoms with Crippen molar-refractivity contribution in [3.8, 4) is 0 Å². The van der Waals surface area contributed by atoms with Crippen LogP contribution in [-0.4, -0.2) is 26.8 Å². The molecule has 94 valence electrons. The van der Waals surface area contributed by atoms with Crippen LogP contribution >= 0.6 is 0 Å². The Hall–Kier alpha value is -0.0800. The number of rotatable bonds is 6. The zero-order valence-electron chi connectivity index (χ0n) is 11.1. The molecule has 2 nitrogen and oxygen atoms in total. The van der Waals surface area contributed by atoms with E-state index in [0.717, 1.165) is 25.0 Å². The normalized spacial score (nSPS) is 39.2. The molecule has 2 aliphatic rings. The minimum Gasteiger partial charge on any atom is -0.384 e. The van der Waals surface area contributed by atoms with Gasteiger partial charge in [-0.05, 0) is 49.0 Å². The lowest BCUT2D eigenvalue weighted by molar-refractivity contribution is 0.0266. The molecule has 0 aliphatic heterocycles. The highest BCUT2D eigenvalue weighted by Gasteiger charge is 2.52. The molecule has 2 rings (SSSR count). The Morgan fingerprint density at radius 3 is 2.75 bits per heavy atom. The lowest BCUT2D eigenvalue weighted by Gasteiger charge is -2.43. The third kappa shape index (κ3) is 2.02.